The number of halogens is 1. The van der Waals surface area contributed by atoms with Gasteiger partial charge in [0.2, 0.25) is 0 Å². The zero-order valence-electron chi connectivity index (χ0n) is 15.4. The third-order valence-electron chi connectivity index (χ3n) is 4.92. The lowest BCUT2D eigenvalue weighted by atomic mass is 10.1. The first-order valence-corrected chi connectivity index (χ1v) is 8.78. The molecule has 0 spiro atoms. The lowest BCUT2D eigenvalue weighted by Gasteiger charge is -2.26. The van der Waals surface area contributed by atoms with Crippen molar-refractivity contribution in [3.63, 3.8) is 0 Å². The number of nitrogens with zero attached hydrogens (tertiary/aromatic N) is 5. The molecule has 1 aromatic rings. The van der Waals surface area contributed by atoms with Gasteiger partial charge in [-0.05, 0) is 32.9 Å². The summed E-state index contributed by atoms with van der Waals surface area (Å²) in [6.07, 6.45) is 4.51. The van der Waals surface area contributed by atoms with Crippen LogP contribution in [0.2, 0.25) is 0 Å². The van der Waals surface area contributed by atoms with E-state index in [4.69, 9.17) is 4.74 Å². The molecular weight excluding hydrogens is 433 g/mol. The molecule has 0 amide bonds. The van der Waals surface area contributed by atoms with Crippen LogP contribution in [0.3, 0.4) is 0 Å². The van der Waals surface area contributed by atoms with Gasteiger partial charge in [-0.2, -0.15) is 5.10 Å². The van der Waals surface area contributed by atoms with Crippen molar-refractivity contribution in [2.45, 2.75) is 50.9 Å². The number of methoxy groups -OCH3 is 1. The van der Waals surface area contributed by atoms with Crippen molar-refractivity contribution < 1.29 is 4.74 Å². The Labute approximate surface area is 166 Å². The Balaban J connectivity index is 0.00000225. The maximum absolute atomic E-state index is 5.12. The van der Waals surface area contributed by atoms with Crippen molar-refractivity contribution in [2.75, 3.05) is 34.3 Å². The molecule has 0 radical (unpaired) electrons. The number of likely N-dealkylation sites (tertiary alicyclic amines) is 1. The number of rotatable bonds is 5. The molecule has 0 bridgehead atoms. The van der Waals surface area contributed by atoms with Crippen molar-refractivity contribution >= 4 is 29.9 Å². The number of likely N-dealkylation sites (N-methyl/N-ethyl adjacent to an activating group) is 1. The highest BCUT2D eigenvalue weighted by Crippen LogP contribution is 2.14. The van der Waals surface area contributed by atoms with Crippen LogP contribution >= 0.6 is 24.0 Å². The Hall–Kier alpha value is -0.940. The fraction of sp³-hybridized carbons (Fsp3) is 0.812. The summed E-state index contributed by atoms with van der Waals surface area (Å²) >= 11 is 0. The molecule has 2 aliphatic heterocycles. The summed E-state index contributed by atoms with van der Waals surface area (Å²) in [6, 6.07) is 0.926. The summed E-state index contributed by atoms with van der Waals surface area (Å²) in [5.41, 5.74) is 0. The number of fused-ring (bicyclic) bond motifs is 1. The van der Waals surface area contributed by atoms with Crippen LogP contribution in [0.4, 0.5) is 0 Å². The highest BCUT2D eigenvalue weighted by atomic mass is 127. The molecule has 2 N–H and O–H groups in total. The van der Waals surface area contributed by atoms with Crippen LogP contribution in [0.5, 0.6) is 0 Å². The predicted molar refractivity (Wildman–Crippen MR) is 108 cm³/mol. The number of hydrogen-bond acceptors (Lipinski definition) is 5. The molecule has 3 heterocycles. The van der Waals surface area contributed by atoms with E-state index in [0.29, 0.717) is 18.7 Å². The highest BCUT2D eigenvalue weighted by molar-refractivity contribution is 14.0. The lowest BCUT2D eigenvalue weighted by Crippen LogP contribution is -2.49. The van der Waals surface area contributed by atoms with Gasteiger partial charge in [-0.1, -0.05) is 0 Å². The Bertz CT molecular complexity index is 577. The molecule has 25 heavy (non-hydrogen) atoms. The van der Waals surface area contributed by atoms with E-state index in [-0.39, 0.29) is 24.0 Å². The van der Waals surface area contributed by atoms with Gasteiger partial charge in [0.15, 0.2) is 11.8 Å². The van der Waals surface area contributed by atoms with Gasteiger partial charge in [-0.15, -0.1) is 24.0 Å². The Morgan fingerprint density at radius 2 is 2.24 bits per heavy atom. The quantitative estimate of drug-likeness (QED) is 0.379. The van der Waals surface area contributed by atoms with E-state index in [1.165, 1.54) is 19.4 Å². The average Bonchev–Trinajstić information content (AvgIpc) is 3.16. The minimum Gasteiger partial charge on any atom is -0.377 e. The average molecular weight is 463 g/mol. The molecular formula is C16H30IN7O. The van der Waals surface area contributed by atoms with Crippen LogP contribution in [-0.4, -0.2) is 72.0 Å². The molecule has 2 aliphatic rings. The van der Waals surface area contributed by atoms with Crippen molar-refractivity contribution in [1.29, 1.82) is 0 Å². The molecule has 2 unspecified atom stereocenters. The van der Waals surface area contributed by atoms with E-state index in [9.17, 15) is 0 Å². The Morgan fingerprint density at radius 3 is 2.92 bits per heavy atom. The smallest absolute Gasteiger partial charge is 0.191 e. The number of aryl methyl sites for hydroxylation is 1. The van der Waals surface area contributed by atoms with Gasteiger partial charge in [0.05, 0.1) is 6.54 Å². The Morgan fingerprint density at radius 1 is 1.40 bits per heavy atom. The maximum Gasteiger partial charge on any atom is 0.191 e. The van der Waals surface area contributed by atoms with Gasteiger partial charge in [-0.25, -0.2) is 9.67 Å². The standard InChI is InChI=1S/C16H29N7O.HI/c1-17-16(18-9-13-5-4-8-22(13)2)19-12-6-7-15-20-14(11-24-3)21-23(15)10-12;/h12-13H,4-11H2,1-3H3,(H2,17,18,19);1H. The molecule has 2 atom stereocenters. The second-order valence-electron chi connectivity index (χ2n) is 6.67. The first kappa shape index (κ1) is 20.4. The molecule has 1 fully saturated rings. The summed E-state index contributed by atoms with van der Waals surface area (Å²) in [6.45, 7) is 3.42. The molecule has 0 aromatic carbocycles. The number of guanidine groups is 1. The number of hydrogen-bond donors (Lipinski definition) is 2. The zero-order chi connectivity index (χ0) is 16.9. The fourth-order valence-corrected chi connectivity index (χ4v) is 3.51. The Kier molecular flexibility index (Phi) is 7.88. The molecule has 1 aromatic heterocycles. The lowest BCUT2D eigenvalue weighted by molar-refractivity contribution is 0.177. The predicted octanol–water partition coefficient (Wildman–Crippen LogP) is 0.617. The summed E-state index contributed by atoms with van der Waals surface area (Å²) in [5.74, 6) is 2.69. The maximum atomic E-state index is 5.12. The number of aromatic nitrogens is 3. The number of nitrogens with one attached hydrogen (secondary N) is 2. The van der Waals surface area contributed by atoms with Crippen molar-refractivity contribution in [1.82, 2.24) is 30.3 Å². The van der Waals surface area contributed by atoms with E-state index >= 15 is 0 Å². The van der Waals surface area contributed by atoms with Crippen LogP contribution in [0.25, 0.3) is 0 Å². The number of ether oxygens (including phenoxy) is 1. The van der Waals surface area contributed by atoms with Gasteiger partial charge in [0.25, 0.3) is 0 Å². The van der Waals surface area contributed by atoms with Gasteiger partial charge in [0.1, 0.15) is 12.4 Å². The van der Waals surface area contributed by atoms with Crippen LogP contribution < -0.4 is 10.6 Å². The van der Waals surface area contributed by atoms with Crippen molar-refractivity contribution in [3.8, 4) is 0 Å². The topological polar surface area (TPSA) is 79.6 Å². The summed E-state index contributed by atoms with van der Waals surface area (Å²) < 4.78 is 7.11. The van der Waals surface area contributed by atoms with Crippen molar-refractivity contribution in [3.05, 3.63) is 11.6 Å². The van der Waals surface area contributed by atoms with Crippen LogP contribution in [0.15, 0.2) is 4.99 Å². The van der Waals surface area contributed by atoms with Gasteiger partial charge in [0, 0.05) is 39.2 Å². The first-order valence-electron chi connectivity index (χ1n) is 8.78. The minimum absolute atomic E-state index is 0. The highest BCUT2D eigenvalue weighted by Gasteiger charge is 2.24. The van der Waals surface area contributed by atoms with E-state index in [2.05, 4.69) is 37.7 Å². The summed E-state index contributed by atoms with van der Waals surface area (Å²) in [7, 11) is 5.69. The van der Waals surface area contributed by atoms with Gasteiger partial charge >= 0.3 is 0 Å². The largest absolute Gasteiger partial charge is 0.377 e. The van der Waals surface area contributed by atoms with Gasteiger partial charge in [-0.3, -0.25) is 4.99 Å². The normalized spacial score (nSPS) is 23.9. The summed E-state index contributed by atoms with van der Waals surface area (Å²) in [5, 5.41) is 11.5. The van der Waals surface area contributed by atoms with Crippen molar-refractivity contribution in [2.24, 2.45) is 4.99 Å². The zero-order valence-corrected chi connectivity index (χ0v) is 17.7. The molecule has 8 nitrogen and oxygen atoms in total. The van der Waals surface area contributed by atoms with Crippen LogP contribution in [-0.2, 0) is 24.3 Å². The monoisotopic (exact) mass is 463 g/mol. The molecule has 1 saturated heterocycles. The molecule has 142 valence electrons. The van der Waals surface area contributed by atoms with Gasteiger partial charge < -0.3 is 20.3 Å². The third kappa shape index (κ3) is 5.27. The fourth-order valence-electron chi connectivity index (χ4n) is 3.51. The molecule has 9 heteroatoms. The van der Waals surface area contributed by atoms with E-state index < -0.39 is 0 Å². The SMILES string of the molecule is CN=C(NCC1CCCN1C)NC1CCc2nc(COC)nn2C1.I. The minimum atomic E-state index is 0. The second-order valence-corrected chi connectivity index (χ2v) is 6.67. The second kappa shape index (κ2) is 9.67. The molecule has 3 rings (SSSR count). The van der Waals surface area contributed by atoms with E-state index in [0.717, 1.165) is 43.5 Å². The molecule has 0 aliphatic carbocycles. The summed E-state index contributed by atoms with van der Waals surface area (Å²) in [4.78, 5) is 11.3. The first-order chi connectivity index (χ1) is 11.7. The van der Waals surface area contributed by atoms with E-state index in [1.54, 1.807) is 7.11 Å². The van der Waals surface area contributed by atoms with Crippen LogP contribution in [0, 0.1) is 0 Å². The third-order valence-corrected chi connectivity index (χ3v) is 4.92. The van der Waals surface area contributed by atoms with E-state index in [1.807, 2.05) is 11.7 Å². The molecule has 0 saturated carbocycles. The number of aliphatic imine (C=N–C) groups is 1. The van der Waals surface area contributed by atoms with Crippen LogP contribution in [0.1, 0.15) is 30.9 Å².